The van der Waals surface area contributed by atoms with Gasteiger partial charge in [0.05, 0.1) is 22.3 Å². The summed E-state index contributed by atoms with van der Waals surface area (Å²) in [5, 5.41) is 0. The summed E-state index contributed by atoms with van der Waals surface area (Å²) < 4.78 is 246. The molecule has 3 rings (SSSR count). The van der Waals surface area contributed by atoms with Gasteiger partial charge < -0.3 is 0 Å². The third-order valence-corrected chi connectivity index (χ3v) is 7.47. The number of benzene rings is 2. The van der Waals surface area contributed by atoms with Gasteiger partial charge in [-0.15, -0.1) is 0 Å². The van der Waals surface area contributed by atoms with E-state index < -0.39 is 119 Å². The third kappa shape index (κ3) is 6.51. The van der Waals surface area contributed by atoms with Gasteiger partial charge in [0, 0.05) is 5.56 Å². The van der Waals surface area contributed by atoms with Crippen molar-refractivity contribution in [1.82, 2.24) is 0 Å². The zero-order valence-corrected chi connectivity index (χ0v) is 21.0. The van der Waals surface area contributed by atoms with Crippen molar-refractivity contribution in [2.45, 2.75) is 75.6 Å². The first-order valence-electron chi connectivity index (χ1n) is 11.8. The SMILES string of the molecule is Cc1c(C(F)(F)F)cc(-c2c(C(F)(F)F)cc(C3CCC(C(F)(F)F)(C(F)(F)F)CC3)cc2C(F)(F)F)cc1C(F)(F)F. The van der Waals surface area contributed by atoms with E-state index in [2.05, 4.69) is 0 Å². The highest BCUT2D eigenvalue weighted by molar-refractivity contribution is 5.75. The molecule has 2 aromatic carbocycles. The van der Waals surface area contributed by atoms with Gasteiger partial charge in [0.2, 0.25) is 0 Å². The summed E-state index contributed by atoms with van der Waals surface area (Å²) in [6.07, 6.45) is -40.7. The Bertz CT molecular complexity index is 1250. The zero-order valence-electron chi connectivity index (χ0n) is 21.0. The maximum Gasteiger partial charge on any atom is 0.417 e. The minimum atomic E-state index is -5.89. The lowest BCUT2D eigenvalue weighted by Gasteiger charge is -2.42. The predicted octanol–water partition coefficient (Wildman–Crippen LogP) is 11.5. The first-order chi connectivity index (χ1) is 19.0. The molecular weight excluding hydrogens is 642 g/mol. The quantitative estimate of drug-likeness (QED) is 0.282. The van der Waals surface area contributed by atoms with Crippen molar-refractivity contribution in [1.29, 1.82) is 0 Å². The number of alkyl halides is 18. The van der Waals surface area contributed by atoms with E-state index in [0.717, 1.165) is 0 Å². The Morgan fingerprint density at radius 3 is 1.12 bits per heavy atom. The molecule has 1 aliphatic carbocycles. The molecule has 0 nitrogen and oxygen atoms in total. The molecule has 0 N–H and O–H groups in total. The largest absolute Gasteiger partial charge is 0.417 e. The molecule has 2 aromatic rings. The molecule has 0 aromatic heterocycles. The second-order valence-electron chi connectivity index (χ2n) is 10.0. The Morgan fingerprint density at radius 2 is 0.837 bits per heavy atom. The summed E-state index contributed by atoms with van der Waals surface area (Å²) in [5.74, 6) is -1.73. The fourth-order valence-electron chi connectivity index (χ4n) is 5.28. The van der Waals surface area contributed by atoms with Crippen molar-refractivity contribution in [3.05, 3.63) is 57.6 Å². The summed E-state index contributed by atoms with van der Waals surface area (Å²) in [7, 11) is 0. The molecule has 18 heteroatoms. The second-order valence-corrected chi connectivity index (χ2v) is 10.0. The molecule has 0 aliphatic heterocycles. The van der Waals surface area contributed by atoms with Gasteiger partial charge in [-0.05, 0) is 79.5 Å². The molecule has 1 aliphatic rings. The Kier molecular flexibility index (Phi) is 8.37. The molecule has 0 atom stereocenters. The molecule has 1 saturated carbocycles. The van der Waals surface area contributed by atoms with Crippen molar-refractivity contribution in [3.8, 4) is 11.1 Å². The molecule has 1 fully saturated rings. The fraction of sp³-hybridized carbons (Fsp3) is 0.520. The number of rotatable bonds is 2. The van der Waals surface area contributed by atoms with Crippen molar-refractivity contribution in [2.75, 3.05) is 0 Å². The van der Waals surface area contributed by atoms with Crippen LogP contribution < -0.4 is 0 Å². The molecule has 43 heavy (non-hydrogen) atoms. The smallest absolute Gasteiger partial charge is 0.170 e. The highest BCUT2D eigenvalue weighted by atomic mass is 19.4. The highest BCUT2D eigenvalue weighted by Crippen LogP contribution is 2.60. The van der Waals surface area contributed by atoms with E-state index in [0.29, 0.717) is 6.92 Å². The third-order valence-electron chi connectivity index (χ3n) is 7.47. The summed E-state index contributed by atoms with van der Waals surface area (Å²) in [5.41, 5.74) is -19.9. The Hall–Kier alpha value is -2.82. The van der Waals surface area contributed by atoms with Gasteiger partial charge in [0.15, 0.2) is 5.41 Å². The van der Waals surface area contributed by atoms with E-state index in [4.69, 9.17) is 0 Å². The minimum absolute atomic E-state index is 0.107. The van der Waals surface area contributed by atoms with E-state index in [1.807, 2.05) is 0 Å². The molecule has 242 valence electrons. The van der Waals surface area contributed by atoms with Crippen LogP contribution in [0, 0.1) is 12.3 Å². The van der Waals surface area contributed by atoms with E-state index in [9.17, 15) is 79.0 Å². The lowest BCUT2D eigenvalue weighted by Crippen LogP contribution is -2.51. The fourth-order valence-corrected chi connectivity index (χ4v) is 5.28. The molecular formula is C25H16F18. The van der Waals surface area contributed by atoms with Gasteiger partial charge in [-0.25, -0.2) is 0 Å². The minimum Gasteiger partial charge on any atom is -0.170 e. The summed E-state index contributed by atoms with van der Waals surface area (Å²) in [4.78, 5) is 0. The molecule has 0 amide bonds. The van der Waals surface area contributed by atoms with E-state index in [1.165, 1.54) is 0 Å². The predicted molar refractivity (Wildman–Crippen MR) is 112 cm³/mol. The van der Waals surface area contributed by atoms with Crippen LogP contribution in [0.2, 0.25) is 0 Å². The lowest BCUT2D eigenvalue weighted by molar-refractivity contribution is -0.350. The summed E-state index contributed by atoms with van der Waals surface area (Å²) in [6.45, 7) is 0.304. The van der Waals surface area contributed by atoms with Gasteiger partial charge in [-0.3, -0.25) is 0 Å². The average Bonchev–Trinajstić information content (AvgIpc) is 2.79. The van der Waals surface area contributed by atoms with Crippen molar-refractivity contribution < 1.29 is 79.0 Å². The van der Waals surface area contributed by atoms with Crippen LogP contribution in [0.15, 0.2) is 24.3 Å². The van der Waals surface area contributed by atoms with E-state index in [1.54, 1.807) is 0 Å². The van der Waals surface area contributed by atoms with Crippen molar-refractivity contribution in [2.24, 2.45) is 5.41 Å². The number of hydrogen-bond acceptors (Lipinski definition) is 0. The highest BCUT2D eigenvalue weighted by Gasteiger charge is 2.70. The van der Waals surface area contributed by atoms with Crippen LogP contribution in [-0.2, 0) is 24.7 Å². The Labute approximate surface area is 229 Å². The molecule has 0 heterocycles. The maximum absolute atomic E-state index is 14.1. The Balaban J connectivity index is 2.33. The van der Waals surface area contributed by atoms with Crippen LogP contribution in [0.3, 0.4) is 0 Å². The maximum atomic E-state index is 14.1. The van der Waals surface area contributed by atoms with Crippen molar-refractivity contribution in [3.63, 3.8) is 0 Å². The molecule has 0 saturated heterocycles. The first kappa shape index (κ1) is 34.7. The van der Waals surface area contributed by atoms with Crippen LogP contribution in [0.25, 0.3) is 11.1 Å². The summed E-state index contributed by atoms with van der Waals surface area (Å²) >= 11 is 0. The summed E-state index contributed by atoms with van der Waals surface area (Å²) in [6, 6.07) is -0.870. The van der Waals surface area contributed by atoms with Gasteiger partial charge in [0.1, 0.15) is 0 Å². The van der Waals surface area contributed by atoms with Crippen molar-refractivity contribution >= 4 is 0 Å². The van der Waals surface area contributed by atoms with Crippen LogP contribution in [0.5, 0.6) is 0 Å². The van der Waals surface area contributed by atoms with Gasteiger partial charge in [-0.1, -0.05) is 0 Å². The molecule has 0 radical (unpaired) electrons. The molecule has 0 spiro atoms. The molecule has 0 bridgehead atoms. The van der Waals surface area contributed by atoms with Crippen LogP contribution in [0.1, 0.15) is 65.0 Å². The van der Waals surface area contributed by atoms with E-state index in [-0.39, 0.29) is 24.3 Å². The topological polar surface area (TPSA) is 0 Å². The standard InChI is InChI=1S/C25H16F18/c1-10-14(20(26,27)28)8-13(9-15(10)21(29,30)31)18-16(22(32,33)34)6-12(7-17(18)23(35,36)37)11-2-4-19(5-3-11,24(38,39)40)25(41,42)43/h6-9,11H,2-5H2,1H3. The Morgan fingerprint density at radius 1 is 0.512 bits per heavy atom. The lowest BCUT2D eigenvalue weighted by atomic mass is 9.67. The van der Waals surface area contributed by atoms with Crippen LogP contribution >= 0.6 is 0 Å². The van der Waals surface area contributed by atoms with Gasteiger partial charge in [-0.2, -0.15) is 79.0 Å². The number of hydrogen-bond donors (Lipinski definition) is 0. The van der Waals surface area contributed by atoms with Gasteiger partial charge in [0.25, 0.3) is 0 Å². The normalized spacial score (nSPS) is 17.8. The van der Waals surface area contributed by atoms with E-state index >= 15 is 0 Å². The monoisotopic (exact) mass is 658 g/mol. The zero-order chi connectivity index (χ0) is 33.4. The molecule has 0 unspecified atom stereocenters. The van der Waals surface area contributed by atoms with Crippen LogP contribution in [0.4, 0.5) is 79.0 Å². The average molecular weight is 658 g/mol. The number of halogens is 18. The van der Waals surface area contributed by atoms with Gasteiger partial charge >= 0.3 is 37.1 Å². The first-order valence-corrected chi connectivity index (χ1v) is 11.8. The van der Waals surface area contributed by atoms with Crippen LogP contribution in [-0.4, -0.2) is 12.4 Å². The second kappa shape index (κ2) is 10.4.